The average Bonchev–Trinajstić information content (AvgIpc) is 2.97. The Kier molecular flexibility index (Phi) is 4.96. The molecule has 1 aliphatic heterocycles. The highest BCUT2D eigenvalue weighted by Gasteiger charge is 2.19. The molecule has 1 aromatic carbocycles. The minimum atomic E-state index is 0.322. The lowest BCUT2D eigenvalue weighted by molar-refractivity contribution is 0.242. The van der Waals surface area contributed by atoms with Gasteiger partial charge in [-0.05, 0) is 48.5 Å². The van der Waals surface area contributed by atoms with Crippen molar-refractivity contribution >= 4 is 22.9 Å². The van der Waals surface area contributed by atoms with E-state index in [4.69, 9.17) is 11.6 Å². The summed E-state index contributed by atoms with van der Waals surface area (Å²) in [5, 5.41) is 6.48. The van der Waals surface area contributed by atoms with Crippen LogP contribution in [0.1, 0.15) is 28.5 Å². The van der Waals surface area contributed by atoms with Crippen LogP contribution in [0.25, 0.3) is 0 Å². The first-order valence-electron chi connectivity index (χ1n) is 7.47. The van der Waals surface area contributed by atoms with E-state index in [1.165, 1.54) is 24.1 Å². The molecule has 1 N–H and O–H groups in total. The molecule has 1 aliphatic rings. The number of nitrogens with one attached hydrogen (secondary N) is 1. The van der Waals surface area contributed by atoms with Crippen molar-refractivity contribution in [2.75, 3.05) is 20.1 Å². The van der Waals surface area contributed by atoms with Gasteiger partial charge in [-0.15, -0.1) is 11.3 Å². The number of nitrogens with zero attached hydrogens (tertiary/aromatic N) is 1. The van der Waals surface area contributed by atoms with Gasteiger partial charge in [0, 0.05) is 35.6 Å². The van der Waals surface area contributed by atoms with Crippen LogP contribution in [-0.2, 0) is 13.0 Å². The first-order chi connectivity index (χ1) is 10.3. The van der Waals surface area contributed by atoms with Crippen LogP contribution in [0.5, 0.6) is 0 Å². The topological polar surface area (TPSA) is 15.3 Å². The van der Waals surface area contributed by atoms with Crippen LogP contribution in [0.2, 0.25) is 5.02 Å². The van der Waals surface area contributed by atoms with E-state index in [0.717, 1.165) is 24.5 Å². The quantitative estimate of drug-likeness (QED) is 0.892. The zero-order valence-corrected chi connectivity index (χ0v) is 13.9. The molecule has 2 heterocycles. The number of hydrogen-bond donors (Lipinski definition) is 1. The second kappa shape index (κ2) is 6.93. The molecule has 0 aliphatic carbocycles. The lowest BCUT2D eigenvalue weighted by Gasteiger charge is -2.28. The summed E-state index contributed by atoms with van der Waals surface area (Å²) in [6.45, 7) is 3.37. The van der Waals surface area contributed by atoms with Crippen LogP contribution < -0.4 is 5.32 Å². The maximum absolute atomic E-state index is 6.32. The Balaban J connectivity index is 1.60. The number of rotatable bonds is 5. The van der Waals surface area contributed by atoms with Gasteiger partial charge in [0.05, 0.1) is 0 Å². The molecule has 0 amide bonds. The molecule has 0 fully saturated rings. The van der Waals surface area contributed by atoms with Crippen molar-refractivity contribution in [2.45, 2.75) is 25.4 Å². The highest BCUT2D eigenvalue weighted by Crippen LogP contribution is 2.27. The molecule has 1 aromatic heterocycles. The molecule has 0 spiro atoms. The normalized spacial score (nSPS) is 16.7. The van der Waals surface area contributed by atoms with Gasteiger partial charge in [0.2, 0.25) is 0 Å². The molecule has 112 valence electrons. The zero-order chi connectivity index (χ0) is 14.7. The maximum Gasteiger partial charge on any atom is 0.0453 e. The van der Waals surface area contributed by atoms with Gasteiger partial charge in [-0.3, -0.25) is 4.90 Å². The molecule has 1 unspecified atom stereocenters. The van der Waals surface area contributed by atoms with E-state index in [2.05, 4.69) is 33.8 Å². The van der Waals surface area contributed by atoms with Crippen LogP contribution >= 0.6 is 22.9 Å². The zero-order valence-electron chi connectivity index (χ0n) is 12.3. The number of hydrogen-bond acceptors (Lipinski definition) is 3. The van der Waals surface area contributed by atoms with E-state index < -0.39 is 0 Å². The van der Waals surface area contributed by atoms with Crippen molar-refractivity contribution in [1.29, 1.82) is 0 Å². The first kappa shape index (κ1) is 15.0. The molecule has 3 rings (SSSR count). The molecule has 2 nitrogen and oxygen atoms in total. The van der Waals surface area contributed by atoms with E-state index in [-0.39, 0.29) is 0 Å². The SMILES string of the molecule is CNC(CCN1CCc2sccc2C1)c1ccccc1Cl. The number of thiophene rings is 1. The predicted molar refractivity (Wildman–Crippen MR) is 91.2 cm³/mol. The second-order valence-corrected chi connectivity index (χ2v) is 6.95. The van der Waals surface area contributed by atoms with Gasteiger partial charge in [0.25, 0.3) is 0 Å². The van der Waals surface area contributed by atoms with E-state index >= 15 is 0 Å². The Morgan fingerprint density at radius 1 is 1.33 bits per heavy atom. The summed E-state index contributed by atoms with van der Waals surface area (Å²) >= 11 is 8.22. The average molecular weight is 321 g/mol. The molecule has 0 saturated heterocycles. The van der Waals surface area contributed by atoms with Crippen molar-refractivity contribution in [1.82, 2.24) is 10.2 Å². The van der Waals surface area contributed by atoms with E-state index in [9.17, 15) is 0 Å². The highest BCUT2D eigenvalue weighted by molar-refractivity contribution is 7.10. The maximum atomic E-state index is 6.32. The third-order valence-electron chi connectivity index (χ3n) is 4.25. The third kappa shape index (κ3) is 3.49. The van der Waals surface area contributed by atoms with Crippen molar-refractivity contribution in [3.63, 3.8) is 0 Å². The van der Waals surface area contributed by atoms with E-state index in [1.54, 1.807) is 4.88 Å². The molecule has 2 aromatic rings. The van der Waals surface area contributed by atoms with Gasteiger partial charge >= 0.3 is 0 Å². The third-order valence-corrected chi connectivity index (χ3v) is 5.62. The molecule has 1 atom stereocenters. The van der Waals surface area contributed by atoms with Crippen molar-refractivity contribution in [3.05, 3.63) is 56.7 Å². The summed E-state index contributed by atoms with van der Waals surface area (Å²) in [7, 11) is 2.02. The minimum absolute atomic E-state index is 0.322. The monoisotopic (exact) mass is 320 g/mol. The minimum Gasteiger partial charge on any atom is -0.313 e. The summed E-state index contributed by atoms with van der Waals surface area (Å²) in [6.07, 6.45) is 2.28. The highest BCUT2D eigenvalue weighted by atomic mass is 35.5. The first-order valence-corrected chi connectivity index (χ1v) is 8.73. The lowest BCUT2D eigenvalue weighted by atomic mass is 10.0. The molecule has 21 heavy (non-hydrogen) atoms. The summed E-state index contributed by atoms with van der Waals surface area (Å²) in [5.41, 5.74) is 2.72. The van der Waals surface area contributed by atoms with Crippen LogP contribution in [0.4, 0.5) is 0 Å². The fourth-order valence-corrected chi connectivity index (χ4v) is 4.18. The largest absolute Gasteiger partial charge is 0.313 e. The summed E-state index contributed by atoms with van der Waals surface area (Å²) in [6, 6.07) is 10.7. The van der Waals surface area contributed by atoms with E-state index in [0.29, 0.717) is 6.04 Å². The standard InChI is InChI=1S/C17H21ClN2S/c1-19-16(14-4-2-3-5-15(14)18)6-9-20-10-7-17-13(12-20)8-11-21-17/h2-5,8,11,16,19H,6-7,9-10,12H2,1H3. The van der Waals surface area contributed by atoms with E-state index in [1.807, 2.05) is 30.5 Å². The fraction of sp³-hybridized carbons (Fsp3) is 0.412. The summed E-state index contributed by atoms with van der Waals surface area (Å²) in [4.78, 5) is 4.12. The summed E-state index contributed by atoms with van der Waals surface area (Å²) < 4.78 is 0. The smallest absolute Gasteiger partial charge is 0.0453 e. The van der Waals surface area contributed by atoms with Crippen LogP contribution in [0, 0.1) is 0 Å². The summed E-state index contributed by atoms with van der Waals surface area (Å²) in [5.74, 6) is 0. The Bertz CT molecular complexity index is 596. The Labute approximate surface area is 135 Å². The number of benzene rings is 1. The Morgan fingerprint density at radius 2 is 2.19 bits per heavy atom. The van der Waals surface area contributed by atoms with Gasteiger partial charge in [0.1, 0.15) is 0 Å². The molecular weight excluding hydrogens is 300 g/mol. The Hall–Kier alpha value is -0.870. The molecule has 4 heteroatoms. The van der Waals surface area contributed by atoms with Crippen LogP contribution in [0.3, 0.4) is 0 Å². The van der Waals surface area contributed by atoms with Crippen molar-refractivity contribution < 1.29 is 0 Å². The van der Waals surface area contributed by atoms with Crippen molar-refractivity contribution in [2.24, 2.45) is 0 Å². The van der Waals surface area contributed by atoms with Gasteiger partial charge in [-0.2, -0.15) is 0 Å². The molecule has 0 radical (unpaired) electrons. The fourth-order valence-electron chi connectivity index (χ4n) is 3.02. The van der Waals surface area contributed by atoms with Crippen LogP contribution in [0.15, 0.2) is 35.7 Å². The van der Waals surface area contributed by atoms with Gasteiger partial charge in [0.15, 0.2) is 0 Å². The Morgan fingerprint density at radius 3 is 3.00 bits per heavy atom. The van der Waals surface area contributed by atoms with Gasteiger partial charge < -0.3 is 5.32 Å². The van der Waals surface area contributed by atoms with Gasteiger partial charge in [-0.25, -0.2) is 0 Å². The molecular formula is C17H21ClN2S. The molecule has 0 bridgehead atoms. The number of halogens is 1. The lowest BCUT2D eigenvalue weighted by Crippen LogP contribution is -2.32. The van der Waals surface area contributed by atoms with Crippen LogP contribution in [-0.4, -0.2) is 25.0 Å². The second-order valence-electron chi connectivity index (χ2n) is 5.55. The molecule has 0 saturated carbocycles. The predicted octanol–water partition coefficient (Wildman–Crippen LogP) is 4.11. The number of fused-ring (bicyclic) bond motifs is 1. The van der Waals surface area contributed by atoms with Gasteiger partial charge in [-0.1, -0.05) is 29.8 Å². The van der Waals surface area contributed by atoms with Crippen molar-refractivity contribution in [3.8, 4) is 0 Å².